The Morgan fingerprint density at radius 2 is 1.78 bits per heavy atom. The zero-order valence-electron chi connectivity index (χ0n) is 9.88. The largest absolute Gasteiger partial charge is 0.478 e. The average molecular weight is 255 g/mol. The standard InChI is InChI=1S/C13H15F2NO2/c14-10-7-9(11(15)6-8(10)12(17)18)13(16)4-2-1-3-5-13/h6-7H,1-5,16H2,(H,17,18). The first-order valence-corrected chi connectivity index (χ1v) is 5.96. The molecule has 0 radical (unpaired) electrons. The van der Waals surface area contributed by atoms with Crippen molar-refractivity contribution in [2.24, 2.45) is 5.73 Å². The van der Waals surface area contributed by atoms with Crippen LogP contribution in [0.2, 0.25) is 0 Å². The molecule has 0 aromatic heterocycles. The van der Waals surface area contributed by atoms with Gasteiger partial charge in [-0.2, -0.15) is 0 Å². The molecule has 0 bridgehead atoms. The van der Waals surface area contributed by atoms with Crippen molar-refractivity contribution in [1.29, 1.82) is 0 Å². The fraction of sp³-hybridized carbons (Fsp3) is 0.462. The minimum Gasteiger partial charge on any atom is -0.478 e. The van der Waals surface area contributed by atoms with Gasteiger partial charge in [0.2, 0.25) is 0 Å². The van der Waals surface area contributed by atoms with Crippen LogP contribution in [0.4, 0.5) is 8.78 Å². The van der Waals surface area contributed by atoms with Crippen molar-refractivity contribution in [3.8, 4) is 0 Å². The van der Waals surface area contributed by atoms with E-state index in [0.717, 1.165) is 31.4 Å². The van der Waals surface area contributed by atoms with Gasteiger partial charge in [-0.25, -0.2) is 13.6 Å². The summed E-state index contributed by atoms with van der Waals surface area (Å²) in [5.41, 5.74) is 4.68. The smallest absolute Gasteiger partial charge is 0.338 e. The maximum absolute atomic E-state index is 13.9. The molecular weight excluding hydrogens is 240 g/mol. The molecule has 3 nitrogen and oxygen atoms in total. The molecule has 3 N–H and O–H groups in total. The molecule has 1 aromatic carbocycles. The Balaban J connectivity index is 2.45. The average Bonchev–Trinajstić information content (AvgIpc) is 2.32. The summed E-state index contributed by atoms with van der Waals surface area (Å²) in [7, 11) is 0. The molecule has 98 valence electrons. The van der Waals surface area contributed by atoms with Crippen LogP contribution < -0.4 is 5.73 Å². The summed E-state index contributed by atoms with van der Waals surface area (Å²) in [6, 6.07) is 1.65. The van der Waals surface area contributed by atoms with E-state index in [1.165, 1.54) is 0 Å². The second-order valence-corrected chi connectivity index (χ2v) is 4.83. The van der Waals surface area contributed by atoms with Gasteiger partial charge in [0, 0.05) is 11.1 Å². The second-order valence-electron chi connectivity index (χ2n) is 4.83. The van der Waals surface area contributed by atoms with Crippen molar-refractivity contribution < 1.29 is 18.7 Å². The van der Waals surface area contributed by atoms with Crippen LogP contribution in [0.25, 0.3) is 0 Å². The monoisotopic (exact) mass is 255 g/mol. The third-order valence-electron chi connectivity index (χ3n) is 3.57. The van der Waals surface area contributed by atoms with Crippen LogP contribution in [0.3, 0.4) is 0 Å². The lowest BCUT2D eigenvalue weighted by Crippen LogP contribution is -2.39. The van der Waals surface area contributed by atoms with Crippen molar-refractivity contribution in [2.75, 3.05) is 0 Å². The minimum absolute atomic E-state index is 0.0877. The summed E-state index contributed by atoms with van der Waals surface area (Å²) in [6.45, 7) is 0. The quantitative estimate of drug-likeness (QED) is 0.854. The number of aromatic carboxylic acids is 1. The van der Waals surface area contributed by atoms with Crippen molar-refractivity contribution in [2.45, 2.75) is 37.6 Å². The first-order valence-electron chi connectivity index (χ1n) is 5.96. The van der Waals surface area contributed by atoms with E-state index >= 15 is 0 Å². The highest BCUT2D eigenvalue weighted by Crippen LogP contribution is 2.36. The van der Waals surface area contributed by atoms with Crippen LogP contribution in [0.1, 0.15) is 48.0 Å². The molecule has 5 heteroatoms. The molecule has 18 heavy (non-hydrogen) atoms. The Hall–Kier alpha value is -1.49. The molecule has 2 rings (SSSR count). The Morgan fingerprint density at radius 1 is 1.17 bits per heavy atom. The Bertz CT molecular complexity index is 482. The maximum atomic E-state index is 13.9. The summed E-state index contributed by atoms with van der Waals surface area (Å²) in [5.74, 6) is -3.15. The highest BCUT2D eigenvalue weighted by Gasteiger charge is 2.33. The van der Waals surface area contributed by atoms with Crippen molar-refractivity contribution >= 4 is 5.97 Å². The number of hydrogen-bond donors (Lipinski definition) is 2. The minimum atomic E-state index is -1.48. The van der Waals surface area contributed by atoms with Crippen LogP contribution in [0.15, 0.2) is 12.1 Å². The lowest BCUT2D eigenvalue weighted by atomic mass is 9.77. The highest BCUT2D eigenvalue weighted by atomic mass is 19.1. The summed E-state index contributed by atoms with van der Waals surface area (Å²) in [5, 5.41) is 8.72. The molecule has 1 fully saturated rings. The summed E-state index contributed by atoms with van der Waals surface area (Å²) in [4.78, 5) is 10.7. The number of nitrogens with two attached hydrogens (primary N) is 1. The highest BCUT2D eigenvalue weighted by molar-refractivity contribution is 5.88. The molecular formula is C13H15F2NO2. The lowest BCUT2D eigenvalue weighted by Gasteiger charge is -2.34. The molecule has 0 amide bonds. The molecule has 0 heterocycles. The summed E-state index contributed by atoms with van der Waals surface area (Å²) >= 11 is 0. The van der Waals surface area contributed by atoms with Crippen molar-refractivity contribution in [1.82, 2.24) is 0 Å². The molecule has 0 saturated heterocycles. The van der Waals surface area contributed by atoms with E-state index in [-0.39, 0.29) is 5.56 Å². The van der Waals surface area contributed by atoms with Crippen molar-refractivity contribution in [3.63, 3.8) is 0 Å². The van der Waals surface area contributed by atoms with Crippen LogP contribution in [0, 0.1) is 11.6 Å². The predicted octanol–water partition coefficient (Wildman–Crippen LogP) is 2.78. The van der Waals surface area contributed by atoms with E-state index < -0.39 is 28.7 Å². The molecule has 0 atom stereocenters. The normalized spacial score (nSPS) is 18.6. The first-order chi connectivity index (χ1) is 8.44. The van der Waals surface area contributed by atoms with E-state index in [1.54, 1.807) is 0 Å². The summed E-state index contributed by atoms with van der Waals surface area (Å²) < 4.78 is 27.5. The Kier molecular flexibility index (Phi) is 3.34. The zero-order valence-corrected chi connectivity index (χ0v) is 9.88. The molecule has 1 aliphatic carbocycles. The Morgan fingerprint density at radius 3 is 2.33 bits per heavy atom. The number of carboxylic acid groups (broad SMARTS) is 1. The Labute approximate surface area is 104 Å². The lowest BCUT2D eigenvalue weighted by molar-refractivity contribution is 0.0691. The molecule has 0 aliphatic heterocycles. The molecule has 0 spiro atoms. The van der Waals surface area contributed by atoms with Gasteiger partial charge in [0.1, 0.15) is 11.6 Å². The van der Waals surface area contributed by atoms with Crippen molar-refractivity contribution in [3.05, 3.63) is 34.9 Å². The first kappa shape index (κ1) is 13.0. The van der Waals surface area contributed by atoms with Gasteiger partial charge < -0.3 is 10.8 Å². The van der Waals surface area contributed by atoms with Crippen LogP contribution in [-0.4, -0.2) is 11.1 Å². The van der Waals surface area contributed by atoms with Gasteiger partial charge in [0.05, 0.1) is 5.56 Å². The van der Waals surface area contributed by atoms with Gasteiger partial charge >= 0.3 is 5.97 Å². The number of carbonyl (C=O) groups is 1. The van der Waals surface area contributed by atoms with Gasteiger partial charge in [-0.1, -0.05) is 19.3 Å². The number of halogens is 2. The van der Waals surface area contributed by atoms with Gasteiger partial charge in [0.25, 0.3) is 0 Å². The molecule has 1 aromatic rings. The third kappa shape index (κ3) is 2.22. The summed E-state index contributed by atoms with van der Waals surface area (Å²) in [6.07, 6.45) is 3.97. The van der Waals surface area contributed by atoms with Gasteiger partial charge in [-0.05, 0) is 25.0 Å². The number of rotatable bonds is 2. The molecule has 0 unspecified atom stereocenters. The fourth-order valence-electron chi connectivity index (χ4n) is 2.54. The third-order valence-corrected chi connectivity index (χ3v) is 3.57. The number of hydrogen-bond acceptors (Lipinski definition) is 2. The maximum Gasteiger partial charge on any atom is 0.338 e. The van der Waals surface area contributed by atoms with E-state index in [4.69, 9.17) is 10.8 Å². The zero-order chi connectivity index (χ0) is 13.3. The number of benzene rings is 1. The topological polar surface area (TPSA) is 63.3 Å². The van der Waals surface area contributed by atoms with E-state index in [1.807, 2.05) is 0 Å². The van der Waals surface area contributed by atoms with E-state index in [2.05, 4.69) is 0 Å². The fourth-order valence-corrected chi connectivity index (χ4v) is 2.54. The van der Waals surface area contributed by atoms with Gasteiger partial charge in [0.15, 0.2) is 0 Å². The van der Waals surface area contributed by atoms with Crippen LogP contribution >= 0.6 is 0 Å². The predicted molar refractivity (Wildman–Crippen MR) is 62.3 cm³/mol. The molecule has 1 saturated carbocycles. The van der Waals surface area contributed by atoms with Crippen LogP contribution in [-0.2, 0) is 5.54 Å². The number of carboxylic acids is 1. The van der Waals surface area contributed by atoms with E-state index in [9.17, 15) is 13.6 Å². The second kappa shape index (κ2) is 4.65. The molecule has 1 aliphatic rings. The van der Waals surface area contributed by atoms with Gasteiger partial charge in [-0.3, -0.25) is 0 Å². The van der Waals surface area contributed by atoms with E-state index in [0.29, 0.717) is 12.8 Å². The SMILES string of the molecule is NC1(c2cc(F)c(C(=O)O)cc2F)CCCCC1. The van der Waals surface area contributed by atoms with Crippen LogP contribution in [0.5, 0.6) is 0 Å². The van der Waals surface area contributed by atoms with Gasteiger partial charge in [-0.15, -0.1) is 0 Å².